The molecule has 0 radical (unpaired) electrons. The van der Waals surface area contributed by atoms with Crippen LogP contribution in [0.25, 0.3) is 11.0 Å². The van der Waals surface area contributed by atoms with Gasteiger partial charge in [-0.3, -0.25) is 14.2 Å². The first kappa shape index (κ1) is 22.2. The summed E-state index contributed by atoms with van der Waals surface area (Å²) in [4.78, 5) is 30.5. The van der Waals surface area contributed by atoms with Crippen LogP contribution in [0.3, 0.4) is 0 Å². The number of rotatable bonds is 9. The molecule has 0 bridgehead atoms. The minimum atomic E-state index is -0.0904. The second-order valence-corrected chi connectivity index (χ2v) is 8.73. The Morgan fingerprint density at radius 2 is 1.93 bits per heavy atom. The van der Waals surface area contributed by atoms with Gasteiger partial charge < -0.3 is 9.88 Å². The quantitative estimate of drug-likeness (QED) is 0.322. The fourth-order valence-corrected chi connectivity index (χ4v) is 4.16. The molecular weight excluding hydrogens is 396 g/mol. The molecule has 7 heteroatoms. The van der Waals surface area contributed by atoms with E-state index in [2.05, 4.69) is 36.3 Å². The standard InChI is InChI=1S/C23H30N4O2S/c1-16(2)14-27-22(29)21-19(25-23(27)30-4)13-17(3)26(21)15-20(28)24-12-8-11-18-9-6-5-7-10-18/h5-7,9-10,13,16H,8,11-12,14-15H2,1-4H3,(H,24,28). The number of amides is 1. The van der Waals surface area contributed by atoms with Crippen molar-refractivity contribution in [2.24, 2.45) is 5.92 Å². The predicted molar refractivity (Wildman–Crippen MR) is 123 cm³/mol. The highest BCUT2D eigenvalue weighted by atomic mass is 32.2. The van der Waals surface area contributed by atoms with Crippen molar-refractivity contribution in [3.05, 3.63) is 58.0 Å². The van der Waals surface area contributed by atoms with Crippen LogP contribution in [0.1, 0.15) is 31.5 Å². The highest BCUT2D eigenvalue weighted by molar-refractivity contribution is 7.98. The first-order valence-electron chi connectivity index (χ1n) is 10.4. The van der Waals surface area contributed by atoms with Gasteiger partial charge in [0.1, 0.15) is 12.1 Å². The monoisotopic (exact) mass is 426 g/mol. The zero-order valence-corrected chi connectivity index (χ0v) is 19.0. The minimum absolute atomic E-state index is 0.0805. The van der Waals surface area contributed by atoms with Gasteiger partial charge in [0, 0.05) is 18.8 Å². The van der Waals surface area contributed by atoms with Crippen molar-refractivity contribution < 1.29 is 4.79 Å². The molecule has 3 aromatic rings. The van der Waals surface area contributed by atoms with Crippen molar-refractivity contribution in [3.63, 3.8) is 0 Å². The molecule has 0 aliphatic carbocycles. The lowest BCUT2D eigenvalue weighted by Crippen LogP contribution is -2.31. The molecule has 1 amide bonds. The van der Waals surface area contributed by atoms with Crippen molar-refractivity contribution in [1.82, 2.24) is 19.4 Å². The summed E-state index contributed by atoms with van der Waals surface area (Å²) in [5.41, 5.74) is 3.20. The fourth-order valence-electron chi connectivity index (χ4n) is 3.60. The lowest BCUT2D eigenvalue weighted by Gasteiger charge is -2.14. The van der Waals surface area contributed by atoms with Crippen molar-refractivity contribution in [1.29, 1.82) is 0 Å². The first-order chi connectivity index (χ1) is 14.4. The topological polar surface area (TPSA) is 68.9 Å². The van der Waals surface area contributed by atoms with Gasteiger partial charge in [-0.05, 0) is 43.6 Å². The van der Waals surface area contributed by atoms with Gasteiger partial charge in [0.25, 0.3) is 5.56 Å². The average Bonchev–Trinajstić information content (AvgIpc) is 3.03. The van der Waals surface area contributed by atoms with Crippen LogP contribution in [0.2, 0.25) is 0 Å². The van der Waals surface area contributed by atoms with E-state index in [1.165, 1.54) is 17.3 Å². The van der Waals surface area contributed by atoms with Gasteiger partial charge in [-0.1, -0.05) is 55.9 Å². The molecule has 0 aliphatic rings. The van der Waals surface area contributed by atoms with Gasteiger partial charge in [-0.25, -0.2) is 4.98 Å². The van der Waals surface area contributed by atoms with Gasteiger partial charge in [0.05, 0.1) is 5.52 Å². The van der Waals surface area contributed by atoms with Gasteiger partial charge in [0.2, 0.25) is 5.91 Å². The number of fused-ring (bicyclic) bond motifs is 1. The maximum absolute atomic E-state index is 13.2. The van der Waals surface area contributed by atoms with Crippen LogP contribution in [0.15, 0.2) is 46.3 Å². The highest BCUT2D eigenvalue weighted by Crippen LogP contribution is 2.19. The highest BCUT2D eigenvalue weighted by Gasteiger charge is 2.18. The van der Waals surface area contributed by atoms with E-state index in [9.17, 15) is 9.59 Å². The third-order valence-corrected chi connectivity index (χ3v) is 5.69. The van der Waals surface area contributed by atoms with E-state index in [0.29, 0.717) is 35.2 Å². The normalized spacial score (nSPS) is 11.4. The lowest BCUT2D eigenvalue weighted by molar-refractivity contribution is -0.121. The maximum Gasteiger partial charge on any atom is 0.278 e. The summed E-state index contributed by atoms with van der Waals surface area (Å²) in [6.07, 6.45) is 3.73. The Morgan fingerprint density at radius 3 is 2.60 bits per heavy atom. The number of nitrogens with zero attached hydrogens (tertiary/aromatic N) is 3. The Morgan fingerprint density at radius 1 is 1.20 bits per heavy atom. The Bertz CT molecular complexity index is 1070. The Balaban J connectivity index is 1.74. The van der Waals surface area contributed by atoms with Crippen LogP contribution in [-0.2, 0) is 24.3 Å². The van der Waals surface area contributed by atoms with E-state index in [1.54, 1.807) is 9.13 Å². The summed E-state index contributed by atoms with van der Waals surface area (Å²) in [6.45, 7) is 7.40. The molecular formula is C23H30N4O2S. The van der Waals surface area contributed by atoms with Crippen molar-refractivity contribution >= 4 is 28.7 Å². The summed E-state index contributed by atoms with van der Waals surface area (Å²) in [5.74, 6) is 0.234. The van der Waals surface area contributed by atoms with Gasteiger partial charge in [-0.15, -0.1) is 0 Å². The summed E-state index contributed by atoms with van der Waals surface area (Å²) in [6, 6.07) is 12.1. The number of nitrogens with one attached hydrogen (secondary N) is 1. The van der Waals surface area contributed by atoms with Crippen LogP contribution in [0.5, 0.6) is 0 Å². The summed E-state index contributed by atoms with van der Waals surface area (Å²) in [7, 11) is 0. The molecule has 3 rings (SSSR count). The number of hydrogen-bond acceptors (Lipinski definition) is 4. The SMILES string of the molecule is CSc1nc2cc(C)n(CC(=O)NCCCc3ccccc3)c2c(=O)n1CC(C)C. The molecule has 1 aromatic carbocycles. The molecule has 6 nitrogen and oxygen atoms in total. The largest absolute Gasteiger partial charge is 0.355 e. The third-order valence-electron chi connectivity index (χ3n) is 5.02. The fraction of sp³-hybridized carbons (Fsp3) is 0.435. The van der Waals surface area contributed by atoms with E-state index in [0.717, 1.165) is 18.5 Å². The number of benzene rings is 1. The van der Waals surface area contributed by atoms with E-state index >= 15 is 0 Å². The van der Waals surface area contributed by atoms with Crippen molar-refractivity contribution in [2.75, 3.05) is 12.8 Å². The number of carbonyl (C=O) groups excluding carboxylic acids is 1. The Hall–Kier alpha value is -2.54. The molecule has 0 saturated carbocycles. The Kier molecular flexibility index (Phi) is 7.37. The van der Waals surface area contributed by atoms with Gasteiger partial charge >= 0.3 is 0 Å². The zero-order chi connectivity index (χ0) is 21.7. The number of hydrogen-bond donors (Lipinski definition) is 1. The minimum Gasteiger partial charge on any atom is -0.355 e. The van der Waals surface area contributed by atoms with Crippen molar-refractivity contribution in [2.45, 2.75) is 51.9 Å². The molecule has 0 saturated heterocycles. The summed E-state index contributed by atoms with van der Waals surface area (Å²) < 4.78 is 3.52. The second-order valence-electron chi connectivity index (χ2n) is 7.95. The predicted octanol–water partition coefficient (Wildman–Crippen LogP) is 3.63. The second kappa shape index (κ2) is 9.98. The molecule has 0 fully saturated rings. The average molecular weight is 427 g/mol. The van der Waals surface area contributed by atoms with Crippen LogP contribution in [0, 0.1) is 12.8 Å². The molecule has 0 unspecified atom stereocenters. The van der Waals surface area contributed by atoms with Crippen LogP contribution in [0.4, 0.5) is 0 Å². The smallest absolute Gasteiger partial charge is 0.278 e. The van der Waals surface area contributed by atoms with Gasteiger partial charge in [0.15, 0.2) is 5.16 Å². The molecule has 0 spiro atoms. The van der Waals surface area contributed by atoms with Crippen LogP contribution in [-0.4, -0.2) is 32.8 Å². The molecule has 1 N–H and O–H groups in total. The zero-order valence-electron chi connectivity index (χ0n) is 18.1. The number of carbonyl (C=O) groups is 1. The van der Waals surface area contributed by atoms with Crippen LogP contribution < -0.4 is 10.9 Å². The third kappa shape index (κ3) is 5.14. The summed E-state index contributed by atoms with van der Waals surface area (Å²) in [5, 5.41) is 3.69. The van der Waals surface area contributed by atoms with Crippen LogP contribution >= 0.6 is 11.8 Å². The molecule has 0 atom stereocenters. The van der Waals surface area contributed by atoms with Crippen molar-refractivity contribution in [3.8, 4) is 0 Å². The van der Waals surface area contributed by atoms with E-state index in [1.807, 2.05) is 37.4 Å². The maximum atomic E-state index is 13.2. The number of thioether (sulfide) groups is 1. The number of aromatic nitrogens is 3. The van der Waals surface area contributed by atoms with E-state index in [4.69, 9.17) is 0 Å². The molecule has 30 heavy (non-hydrogen) atoms. The number of aryl methyl sites for hydroxylation is 2. The molecule has 160 valence electrons. The van der Waals surface area contributed by atoms with E-state index in [-0.39, 0.29) is 18.0 Å². The summed E-state index contributed by atoms with van der Waals surface area (Å²) >= 11 is 1.47. The molecule has 2 heterocycles. The van der Waals surface area contributed by atoms with Gasteiger partial charge in [-0.2, -0.15) is 0 Å². The van der Waals surface area contributed by atoms with E-state index < -0.39 is 0 Å². The molecule has 0 aliphatic heterocycles. The lowest BCUT2D eigenvalue weighted by atomic mass is 10.1. The Labute approximate surface area is 181 Å². The molecule has 2 aromatic heterocycles. The first-order valence-corrected chi connectivity index (χ1v) is 11.6.